The van der Waals surface area contributed by atoms with E-state index in [4.69, 9.17) is 4.74 Å². The van der Waals surface area contributed by atoms with Crippen molar-refractivity contribution in [3.63, 3.8) is 0 Å². The smallest absolute Gasteiger partial charge is 0.141 e. The van der Waals surface area contributed by atoms with Gasteiger partial charge in [-0.25, -0.2) is 0 Å². The number of rotatable bonds is 2. The molecule has 3 rings (SSSR count). The first-order chi connectivity index (χ1) is 10.6. The van der Waals surface area contributed by atoms with Crippen LogP contribution in [0, 0.1) is 29.6 Å². The van der Waals surface area contributed by atoms with Crippen molar-refractivity contribution >= 4 is 0 Å². The van der Waals surface area contributed by atoms with Gasteiger partial charge in [-0.15, -0.1) is 0 Å². The molecule has 2 aliphatic heterocycles. The molecule has 0 radical (unpaired) electrons. The molecule has 3 nitrogen and oxygen atoms in total. The SMILES string of the molecule is CC(C)[C@@H]1CN2[C@@H](O[C@@H]3C[C@H](C)CC[C@H]3C2(C)C)[C@@]1(O)C(C)C. The molecule has 0 aromatic carbocycles. The quantitative estimate of drug-likeness (QED) is 0.836. The normalized spacial score (nSPS) is 47.0. The molecule has 1 N–H and O–H groups in total. The zero-order valence-corrected chi connectivity index (χ0v) is 16.2. The molecule has 0 aromatic rings. The van der Waals surface area contributed by atoms with Crippen LogP contribution < -0.4 is 0 Å². The predicted octanol–water partition coefficient (Wildman–Crippen LogP) is 3.90. The van der Waals surface area contributed by atoms with Crippen LogP contribution in [-0.4, -0.2) is 40.0 Å². The predicted molar refractivity (Wildman–Crippen MR) is 94.1 cm³/mol. The fourth-order valence-electron chi connectivity index (χ4n) is 5.73. The lowest BCUT2D eigenvalue weighted by Crippen LogP contribution is -2.67. The van der Waals surface area contributed by atoms with E-state index in [1.165, 1.54) is 12.8 Å². The molecule has 134 valence electrons. The largest absolute Gasteiger partial charge is 0.385 e. The number of hydrogen-bond acceptors (Lipinski definition) is 3. The number of aliphatic hydroxyl groups is 1. The van der Waals surface area contributed by atoms with Gasteiger partial charge in [0.15, 0.2) is 0 Å². The lowest BCUT2D eigenvalue weighted by Gasteiger charge is -2.57. The molecule has 1 saturated carbocycles. The van der Waals surface area contributed by atoms with Gasteiger partial charge in [-0.3, -0.25) is 4.90 Å². The summed E-state index contributed by atoms with van der Waals surface area (Å²) in [5.41, 5.74) is -0.628. The van der Waals surface area contributed by atoms with Gasteiger partial charge in [-0.2, -0.15) is 0 Å². The Morgan fingerprint density at radius 3 is 2.35 bits per heavy atom. The van der Waals surface area contributed by atoms with Crippen LogP contribution in [0.15, 0.2) is 0 Å². The maximum atomic E-state index is 11.7. The summed E-state index contributed by atoms with van der Waals surface area (Å²) >= 11 is 0. The van der Waals surface area contributed by atoms with Crippen LogP contribution in [0.5, 0.6) is 0 Å². The summed E-state index contributed by atoms with van der Waals surface area (Å²) in [6.07, 6.45) is 3.89. The highest BCUT2D eigenvalue weighted by Gasteiger charge is 2.64. The number of ether oxygens (including phenoxy) is 1. The zero-order chi connectivity index (χ0) is 17.2. The fraction of sp³-hybridized carbons (Fsp3) is 1.00. The first kappa shape index (κ1) is 17.7. The lowest BCUT2D eigenvalue weighted by molar-refractivity contribution is -0.269. The van der Waals surface area contributed by atoms with Gasteiger partial charge in [-0.1, -0.05) is 41.0 Å². The molecular weight excluding hydrogens is 286 g/mol. The van der Waals surface area contributed by atoms with Crippen molar-refractivity contribution in [2.75, 3.05) is 6.54 Å². The minimum Gasteiger partial charge on any atom is -0.385 e. The van der Waals surface area contributed by atoms with E-state index < -0.39 is 5.60 Å². The van der Waals surface area contributed by atoms with E-state index in [-0.39, 0.29) is 23.6 Å². The summed E-state index contributed by atoms with van der Waals surface area (Å²) in [6.45, 7) is 16.9. The minimum atomic E-state index is -0.739. The van der Waals surface area contributed by atoms with Crippen LogP contribution in [0.1, 0.15) is 67.7 Å². The third-order valence-electron chi connectivity index (χ3n) is 7.40. The monoisotopic (exact) mass is 323 g/mol. The van der Waals surface area contributed by atoms with Crippen molar-refractivity contribution < 1.29 is 9.84 Å². The van der Waals surface area contributed by atoms with E-state index in [1.54, 1.807) is 0 Å². The Morgan fingerprint density at radius 2 is 1.78 bits per heavy atom. The van der Waals surface area contributed by atoms with Gasteiger partial charge < -0.3 is 9.84 Å². The Labute approximate surface area is 142 Å². The molecule has 3 fully saturated rings. The van der Waals surface area contributed by atoms with Crippen molar-refractivity contribution in [3.05, 3.63) is 0 Å². The summed E-state index contributed by atoms with van der Waals surface area (Å²) in [7, 11) is 0. The molecule has 0 spiro atoms. The topological polar surface area (TPSA) is 32.7 Å². The Kier molecular flexibility index (Phi) is 4.39. The molecule has 0 amide bonds. The van der Waals surface area contributed by atoms with E-state index in [0.717, 1.165) is 18.9 Å². The average Bonchev–Trinajstić information content (AvgIpc) is 2.74. The highest BCUT2D eigenvalue weighted by Crippen LogP contribution is 2.54. The van der Waals surface area contributed by atoms with Crippen molar-refractivity contribution in [1.29, 1.82) is 0 Å². The Balaban J connectivity index is 1.98. The van der Waals surface area contributed by atoms with E-state index in [2.05, 4.69) is 53.4 Å². The molecular formula is C20H37NO2. The third-order valence-corrected chi connectivity index (χ3v) is 7.40. The van der Waals surface area contributed by atoms with Crippen LogP contribution in [0.4, 0.5) is 0 Å². The standard InChI is InChI=1S/C20H37NO2/c1-12(2)16-11-21-18(20(16,22)13(3)4)23-17-10-14(5)8-9-15(17)19(21,6)7/h12-18,22H,8-11H2,1-7H3/t14-,15-,16+,17-,18+,20-/m1/s1. The first-order valence-corrected chi connectivity index (χ1v) is 9.74. The Morgan fingerprint density at radius 1 is 1.13 bits per heavy atom. The van der Waals surface area contributed by atoms with Gasteiger partial charge in [0.2, 0.25) is 0 Å². The molecule has 3 heteroatoms. The first-order valence-electron chi connectivity index (χ1n) is 9.74. The maximum Gasteiger partial charge on any atom is 0.141 e. The Bertz CT molecular complexity index is 447. The molecule has 2 saturated heterocycles. The van der Waals surface area contributed by atoms with Crippen LogP contribution in [0.2, 0.25) is 0 Å². The van der Waals surface area contributed by atoms with Crippen LogP contribution in [-0.2, 0) is 4.74 Å². The highest BCUT2D eigenvalue weighted by atomic mass is 16.5. The molecule has 2 heterocycles. The summed E-state index contributed by atoms with van der Waals surface area (Å²) in [4.78, 5) is 2.51. The van der Waals surface area contributed by atoms with Crippen molar-refractivity contribution in [3.8, 4) is 0 Å². The minimum absolute atomic E-state index is 0.111. The van der Waals surface area contributed by atoms with Crippen LogP contribution in [0.25, 0.3) is 0 Å². The summed E-state index contributed by atoms with van der Waals surface area (Å²) in [5, 5.41) is 11.7. The molecule has 6 atom stereocenters. The van der Waals surface area contributed by atoms with Crippen molar-refractivity contribution in [2.45, 2.75) is 91.2 Å². The number of hydrogen-bond donors (Lipinski definition) is 1. The zero-order valence-electron chi connectivity index (χ0n) is 16.2. The van der Waals surface area contributed by atoms with Crippen molar-refractivity contribution in [2.24, 2.45) is 29.6 Å². The molecule has 3 aliphatic rings. The van der Waals surface area contributed by atoms with Crippen LogP contribution >= 0.6 is 0 Å². The fourth-order valence-corrected chi connectivity index (χ4v) is 5.73. The van der Waals surface area contributed by atoms with E-state index in [0.29, 0.717) is 17.9 Å². The average molecular weight is 324 g/mol. The highest BCUT2D eigenvalue weighted by molar-refractivity contribution is 5.12. The second kappa shape index (κ2) is 5.71. The maximum absolute atomic E-state index is 11.7. The van der Waals surface area contributed by atoms with E-state index >= 15 is 0 Å². The Hall–Kier alpha value is -0.120. The van der Waals surface area contributed by atoms with E-state index in [1.807, 2.05) is 0 Å². The van der Waals surface area contributed by atoms with Gasteiger partial charge in [0.1, 0.15) is 11.8 Å². The number of nitrogens with zero attached hydrogens (tertiary/aromatic N) is 1. The second-order valence-electron chi connectivity index (χ2n) is 9.75. The van der Waals surface area contributed by atoms with Crippen LogP contribution in [0.3, 0.4) is 0 Å². The van der Waals surface area contributed by atoms with Crippen molar-refractivity contribution in [1.82, 2.24) is 4.90 Å². The molecule has 1 aliphatic carbocycles. The lowest BCUT2D eigenvalue weighted by atomic mass is 9.69. The van der Waals surface area contributed by atoms with Gasteiger partial charge in [0, 0.05) is 23.9 Å². The van der Waals surface area contributed by atoms with Gasteiger partial charge in [0.25, 0.3) is 0 Å². The molecule has 0 unspecified atom stereocenters. The third kappa shape index (κ3) is 2.49. The molecule has 23 heavy (non-hydrogen) atoms. The van der Waals surface area contributed by atoms with E-state index in [9.17, 15) is 5.11 Å². The summed E-state index contributed by atoms with van der Waals surface area (Å²) < 4.78 is 6.65. The molecule has 0 bridgehead atoms. The summed E-state index contributed by atoms with van der Waals surface area (Å²) in [5.74, 6) is 2.29. The van der Waals surface area contributed by atoms with Gasteiger partial charge in [-0.05, 0) is 44.4 Å². The summed E-state index contributed by atoms with van der Waals surface area (Å²) in [6, 6.07) is 0. The molecule has 0 aromatic heterocycles. The van der Waals surface area contributed by atoms with Gasteiger partial charge in [0.05, 0.1) is 6.10 Å². The van der Waals surface area contributed by atoms with Gasteiger partial charge >= 0.3 is 0 Å². The second-order valence-corrected chi connectivity index (χ2v) is 9.75. The number of fused-ring (bicyclic) bond motifs is 2.